The van der Waals surface area contributed by atoms with Crippen molar-refractivity contribution in [2.45, 2.75) is 37.7 Å². The molecule has 0 amide bonds. The van der Waals surface area contributed by atoms with Crippen LogP contribution in [0.4, 0.5) is 0 Å². The van der Waals surface area contributed by atoms with Gasteiger partial charge in [-0.05, 0) is 38.2 Å². The highest BCUT2D eigenvalue weighted by molar-refractivity contribution is 5.02. The zero-order chi connectivity index (χ0) is 9.31. The molecule has 1 aromatic rings. The van der Waals surface area contributed by atoms with E-state index in [-0.39, 0.29) is 5.60 Å². The van der Waals surface area contributed by atoms with Gasteiger partial charge in [-0.1, -0.05) is 0 Å². The van der Waals surface area contributed by atoms with E-state index in [1.807, 2.05) is 17.8 Å². The lowest BCUT2D eigenvalue weighted by molar-refractivity contribution is -0.0400. The van der Waals surface area contributed by atoms with Crippen LogP contribution in [-0.4, -0.2) is 20.5 Å². The molecular formula is C10H16N2O. The third-order valence-corrected chi connectivity index (χ3v) is 3.05. The number of aromatic nitrogens is 2. The van der Waals surface area contributed by atoms with E-state index in [1.54, 1.807) is 6.20 Å². The molecule has 1 saturated carbocycles. The third-order valence-electron chi connectivity index (χ3n) is 3.05. The molecule has 0 saturated heterocycles. The van der Waals surface area contributed by atoms with Crippen LogP contribution >= 0.6 is 0 Å². The molecule has 1 N–H and O–H groups in total. The predicted octanol–water partition coefficient (Wildman–Crippen LogP) is 1.27. The second kappa shape index (κ2) is 3.14. The summed E-state index contributed by atoms with van der Waals surface area (Å²) in [5.74, 6) is 0. The second-order valence-corrected chi connectivity index (χ2v) is 4.02. The molecule has 3 nitrogen and oxygen atoms in total. The molecular weight excluding hydrogens is 164 g/mol. The Morgan fingerprint density at radius 1 is 1.62 bits per heavy atom. The number of aryl methyl sites for hydroxylation is 2. The summed E-state index contributed by atoms with van der Waals surface area (Å²) in [6.07, 6.45) is 6.76. The van der Waals surface area contributed by atoms with Gasteiger partial charge in [-0.25, -0.2) is 0 Å². The maximum atomic E-state index is 9.87. The van der Waals surface area contributed by atoms with Crippen molar-refractivity contribution in [3.05, 3.63) is 18.0 Å². The van der Waals surface area contributed by atoms with Gasteiger partial charge in [-0.15, -0.1) is 0 Å². The van der Waals surface area contributed by atoms with E-state index in [0.29, 0.717) is 0 Å². The smallest absolute Gasteiger partial charge is 0.0651 e. The fourth-order valence-electron chi connectivity index (χ4n) is 1.84. The van der Waals surface area contributed by atoms with Crippen molar-refractivity contribution >= 4 is 0 Å². The summed E-state index contributed by atoms with van der Waals surface area (Å²) >= 11 is 0. The van der Waals surface area contributed by atoms with Crippen LogP contribution in [-0.2, 0) is 13.5 Å². The number of hydrogen-bond donors (Lipinski definition) is 1. The van der Waals surface area contributed by atoms with Gasteiger partial charge in [0.15, 0.2) is 0 Å². The third kappa shape index (κ3) is 1.75. The first-order valence-electron chi connectivity index (χ1n) is 4.89. The highest BCUT2D eigenvalue weighted by atomic mass is 16.3. The highest BCUT2D eigenvalue weighted by Gasteiger charge is 2.33. The van der Waals surface area contributed by atoms with Crippen molar-refractivity contribution in [1.29, 1.82) is 0 Å². The summed E-state index contributed by atoms with van der Waals surface area (Å²) in [7, 11) is 1.94. The van der Waals surface area contributed by atoms with Gasteiger partial charge in [0.25, 0.3) is 0 Å². The van der Waals surface area contributed by atoms with Gasteiger partial charge in [-0.2, -0.15) is 5.10 Å². The Labute approximate surface area is 78.4 Å². The molecule has 2 rings (SSSR count). The van der Waals surface area contributed by atoms with E-state index < -0.39 is 0 Å². The number of aliphatic hydroxyl groups is 1. The molecule has 1 aliphatic carbocycles. The first-order chi connectivity index (χ1) is 6.20. The van der Waals surface area contributed by atoms with Crippen molar-refractivity contribution < 1.29 is 5.11 Å². The molecule has 0 atom stereocenters. The van der Waals surface area contributed by atoms with E-state index in [0.717, 1.165) is 25.7 Å². The van der Waals surface area contributed by atoms with Crippen LogP contribution in [0, 0.1) is 0 Å². The number of rotatable bonds is 3. The molecule has 13 heavy (non-hydrogen) atoms. The van der Waals surface area contributed by atoms with E-state index >= 15 is 0 Å². The van der Waals surface area contributed by atoms with Crippen LogP contribution in [0.15, 0.2) is 12.3 Å². The molecule has 0 spiro atoms. The van der Waals surface area contributed by atoms with Crippen molar-refractivity contribution in [2.24, 2.45) is 7.05 Å². The number of hydrogen-bond acceptors (Lipinski definition) is 2. The van der Waals surface area contributed by atoms with Crippen molar-refractivity contribution in [3.8, 4) is 0 Å². The normalized spacial score (nSPS) is 19.8. The molecule has 0 radical (unpaired) electrons. The Bertz CT molecular complexity index is 289. The van der Waals surface area contributed by atoms with Gasteiger partial charge in [0, 0.05) is 18.9 Å². The molecule has 0 aliphatic heterocycles. The van der Waals surface area contributed by atoms with Gasteiger partial charge < -0.3 is 5.11 Å². The fourth-order valence-corrected chi connectivity index (χ4v) is 1.84. The standard InChI is InChI=1S/C10H16N2O/c1-12-9(4-8-11-12)3-7-10(13)5-2-6-10/h4,8,13H,2-3,5-7H2,1H3. The van der Waals surface area contributed by atoms with Crippen molar-refractivity contribution in [2.75, 3.05) is 0 Å². The minimum absolute atomic E-state index is 0.357. The summed E-state index contributed by atoms with van der Waals surface area (Å²) in [6, 6.07) is 2.02. The van der Waals surface area contributed by atoms with Crippen molar-refractivity contribution in [3.63, 3.8) is 0 Å². The van der Waals surface area contributed by atoms with E-state index in [4.69, 9.17) is 0 Å². The lowest BCUT2D eigenvalue weighted by atomic mass is 9.77. The Kier molecular flexibility index (Phi) is 2.12. The van der Waals surface area contributed by atoms with Gasteiger partial charge in [0.05, 0.1) is 5.60 Å². The average Bonchev–Trinajstić information content (AvgIpc) is 2.44. The molecule has 1 aliphatic rings. The Hall–Kier alpha value is -0.830. The lowest BCUT2D eigenvalue weighted by Crippen LogP contribution is -2.37. The summed E-state index contributed by atoms with van der Waals surface area (Å²) in [5.41, 5.74) is 0.852. The van der Waals surface area contributed by atoms with Crippen molar-refractivity contribution in [1.82, 2.24) is 9.78 Å². The molecule has 0 aromatic carbocycles. The van der Waals surface area contributed by atoms with Crippen LogP contribution in [0.5, 0.6) is 0 Å². The van der Waals surface area contributed by atoms with E-state index in [1.165, 1.54) is 12.1 Å². The maximum absolute atomic E-state index is 9.87. The van der Waals surface area contributed by atoms with Crippen LogP contribution in [0.2, 0.25) is 0 Å². The number of nitrogens with zero attached hydrogens (tertiary/aromatic N) is 2. The van der Waals surface area contributed by atoms with Gasteiger partial charge >= 0.3 is 0 Å². The molecule has 1 aromatic heterocycles. The summed E-state index contributed by atoms with van der Waals surface area (Å²) in [6.45, 7) is 0. The van der Waals surface area contributed by atoms with Crippen LogP contribution in [0.3, 0.4) is 0 Å². The monoisotopic (exact) mass is 180 g/mol. The second-order valence-electron chi connectivity index (χ2n) is 4.02. The van der Waals surface area contributed by atoms with Crippen LogP contribution in [0.1, 0.15) is 31.4 Å². The zero-order valence-electron chi connectivity index (χ0n) is 8.03. The molecule has 3 heteroatoms. The predicted molar refractivity (Wildman–Crippen MR) is 50.3 cm³/mol. The fraction of sp³-hybridized carbons (Fsp3) is 0.700. The minimum Gasteiger partial charge on any atom is -0.390 e. The lowest BCUT2D eigenvalue weighted by Gasteiger charge is -2.36. The van der Waals surface area contributed by atoms with E-state index in [2.05, 4.69) is 5.10 Å². The van der Waals surface area contributed by atoms with Gasteiger partial charge in [0.1, 0.15) is 0 Å². The summed E-state index contributed by atoms with van der Waals surface area (Å²) < 4.78 is 1.88. The largest absolute Gasteiger partial charge is 0.390 e. The first kappa shape index (κ1) is 8.75. The molecule has 0 bridgehead atoms. The molecule has 1 heterocycles. The molecule has 72 valence electrons. The zero-order valence-corrected chi connectivity index (χ0v) is 8.03. The van der Waals surface area contributed by atoms with Gasteiger partial charge in [-0.3, -0.25) is 4.68 Å². The highest BCUT2D eigenvalue weighted by Crippen LogP contribution is 2.35. The Balaban J connectivity index is 1.89. The summed E-state index contributed by atoms with van der Waals surface area (Å²) in [5, 5.41) is 14.0. The maximum Gasteiger partial charge on any atom is 0.0651 e. The van der Waals surface area contributed by atoms with E-state index in [9.17, 15) is 5.11 Å². The Morgan fingerprint density at radius 2 is 2.38 bits per heavy atom. The summed E-state index contributed by atoms with van der Waals surface area (Å²) in [4.78, 5) is 0. The topological polar surface area (TPSA) is 38.0 Å². The SMILES string of the molecule is Cn1nccc1CCC1(O)CCC1. The molecule has 0 unspecified atom stereocenters. The first-order valence-corrected chi connectivity index (χ1v) is 4.89. The minimum atomic E-state index is -0.357. The molecule has 1 fully saturated rings. The Morgan fingerprint density at radius 3 is 2.85 bits per heavy atom. The van der Waals surface area contributed by atoms with Gasteiger partial charge in [0.2, 0.25) is 0 Å². The quantitative estimate of drug-likeness (QED) is 0.760. The van der Waals surface area contributed by atoms with Crippen LogP contribution < -0.4 is 0 Å². The average molecular weight is 180 g/mol. The van der Waals surface area contributed by atoms with Crippen LogP contribution in [0.25, 0.3) is 0 Å².